The first-order valence-corrected chi connectivity index (χ1v) is 8.63. The van der Waals surface area contributed by atoms with Crippen LogP contribution in [0, 0.1) is 12.8 Å². The second-order valence-electron chi connectivity index (χ2n) is 6.51. The van der Waals surface area contributed by atoms with E-state index >= 15 is 0 Å². The molecular weight excluding hydrogens is 286 g/mol. The Morgan fingerprint density at radius 1 is 1.39 bits per heavy atom. The number of rotatable bonds is 8. The zero-order valence-electron chi connectivity index (χ0n) is 14.0. The lowest BCUT2D eigenvalue weighted by atomic mass is 9.94. The average Bonchev–Trinajstić information content (AvgIpc) is 3.21. The molecule has 3 rings (SSSR count). The van der Waals surface area contributed by atoms with Crippen LogP contribution >= 0.6 is 0 Å². The minimum Gasteiger partial charge on any atom is -0.348 e. The fraction of sp³-hybridized carbons (Fsp3) is 0.556. The minimum absolute atomic E-state index is 0.785. The summed E-state index contributed by atoms with van der Waals surface area (Å²) in [5, 5.41) is 0. The molecule has 0 fully saturated rings. The molecule has 0 aromatic carbocycles. The maximum absolute atomic E-state index is 4.48. The number of allylic oxidation sites excluding steroid dienone is 2. The molecule has 1 aliphatic carbocycles. The van der Waals surface area contributed by atoms with E-state index in [0.29, 0.717) is 0 Å². The molecule has 5 nitrogen and oxygen atoms in total. The van der Waals surface area contributed by atoms with Gasteiger partial charge in [-0.2, -0.15) is 0 Å². The van der Waals surface area contributed by atoms with E-state index in [0.717, 1.165) is 32.0 Å². The number of aromatic nitrogens is 4. The molecule has 0 bridgehead atoms. The van der Waals surface area contributed by atoms with Gasteiger partial charge in [-0.3, -0.25) is 4.90 Å². The normalized spacial score (nSPS) is 17.9. The molecule has 2 aromatic heterocycles. The van der Waals surface area contributed by atoms with Gasteiger partial charge in [0.2, 0.25) is 0 Å². The van der Waals surface area contributed by atoms with Gasteiger partial charge in [-0.15, -0.1) is 0 Å². The number of nitrogens with one attached hydrogen (secondary N) is 1. The Morgan fingerprint density at radius 2 is 2.35 bits per heavy atom. The zero-order valence-corrected chi connectivity index (χ0v) is 14.0. The Morgan fingerprint density at radius 3 is 3.04 bits per heavy atom. The van der Waals surface area contributed by atoms with Crippen LogP contribution in [0.1, 0.15) is 37.1 Å². The SMILES string of the molecule is Cc1[nH]cnc1CN(CCCn1ccnc1)C[C@H]1CC=CCC1. The van der Waals surface area contributed by atoms with Crippen molar-refractivity contribution in [3.8, 4) is 0 Å². The molecule has 23 heavy (non-hydrogen) atoms. The highest BCUT2D eigenvalue weighted by atomic mass is 15.1. The molecule has 0 radical (unpaired) electrons. The molecule has 0 spiro atoms. The van der Waals surface area contributed by atoms with Gasteiger partial charge in [-0.25, -0.2) is 9.97 Å². The zero-order chi connectivity index (χ0) is 15.9. The number of aryl methyl sites for hydroxylation is 2. The summed E-state index contributed by atoms with van der Waals surface area (Å²) >= 11 is 0. The molecule has 2 aromatic rings. The van der Waals surface area contributed by atoms with E-state index in [4.69, 9.17) is 0 Å². The molecule has 0 saturated heterocycles. The monoisotopic (exact) mass is 313 g/mol. The van der Waals surface area contributed by atoms with E-state index in [1.54, 1.807) is 6.33 Å². The average molecular weight is 313 g/mol. The fourth-order valence-corrected chi connectivity index (χ4v) is 3.28. The Kier molecular flexibility index (Phi) is 5.64. The fourth-order valence-electron chi connectivity index (χ4n) is 3.28. The van der Waals surface area contributed by atoms with Crippen LogP contribution in [0.5, 0.6) is 0 Å². The molecule has 1 atom stereocenters. The van der Waals surface area contributed by atoms with Crippen LogP contribution in [0.3, 0.4) is 0 Å². The third kappa shape index (κ3) is 4.79. The number of aromatic amines is 1. The summed E-state index contributed by atoms with van der Waals surface area (Å²) in [6.07, 6.45) is 17.2. The van der Waals surface area contributed by atoms with Crippen LogP contribution in [0.4, 0.5) is 0 Å². The lowest BCUT2D eigenvalue weighted by Crippen LogP contribution is -2.31. The first kappa shape index (κ1) is 16.0. The summed E-state index contributed by atoms with van der Waals surface area (Å²) in [4.78, 5) is 14.4. The van der Waals surface area contributed by atoms with Gasteiger partial charge in [0, 0.05) is 44.3 Å². The van der Waals surface area contributed by atoms with E-state index in [9.17, 15) is 0 Å². The Bertz CT molecular complexity index is 599. The number of H-pyrrole nitrogens is 1. The van der Waals surface area contributed by atoms with Crippen LogP contribution in [0.15, 0.2) is 37.2 Å². The van der Waals surface area contributed by atoms with E-state index < -0.39 is 0 Å². The highest BCUT2D eigenvalue weighted by molar-refractivity contribution is 5.08. The second kappa shape index (κ2) is 8.11. The van der Waals surface area contributed by atoms with Gasteiger partial charge in [-0.05, 0) is 38.5 Å². The van der Waals surface area contributed by atoms with Crippen molar-refractivity contribution in [2.75, 3.05) is 13.1 Å². The van der Waals surface area contributed by atoms with Crippen molar-refractivity contribution in [3.05, 3.63) is 48.6 Å². The van der Waals surface area contributed by atoms with Crippen molar-refractivity contribution >= 4 is 0 Å². The van der Waals surface area contributed by atoms with Crippen LogP contribution in [-0.2, 0) is 13.1 Å². The molecule has 124 valence electrons. The van der Waals surface area contributed by atoms with Crippen molar-refractivity contribution in [2.45, 2.75) is 45.7 Å². The summed E-state index contributed by atoms with van der Waals surface area (Å²) < 4.78 is 2.15. The van der Waals surface area contributed by atoms with E-state index in [1.807, 2.05) is 18.7 Å². The van der Waals surface area contributed by atoms with Crippen LogP contribution < -0.4 is 0 Å². The summed E-state index contributed by atoms with van der Waals surface area (Å²) in [5.41, 5.74) is 2.37. The quantitative estimate of drug-likeness (QED) is 0.762. The number of imidazole rings is 2. The smallest absolute Gasteiger partial charge is 0.0945 e. The van der Waals surface area contributed by atoms with Gasteiger partial charge in [0.05, 0.1) is 18.3 Å². The van der Waals surface area contributed by atoms with Crippen LogP contribution in [0.25, 0.3) is 0 Å². The van der Waals surface area contributed by atoms with Gasteiger partial charge >= 0.3 is 0 Å². The lowest BCUT2D eigenvalue weighted by molar-refractivity contribution is 0.207. The molecular formula is C18H27N5. The number of hydrogen-bond acceptors (Lipinski definition) is 3. The first-order valence-electron chi connectivity index (χ1n) is 8.63. The maximum atomic E-state index is 4.48. The predicted octanol–water partition coefficient (Wildman–Crippen LogP) is 3.16. The molecule has 0 amide bonds. The minimum atomic E-state index is 0.785. The molecule has 0 aliphatic heterocycles. The molecule has 0 unspecified atom stereocenters. The lowest BCUT2D eigenvalue weighted by Gasteiger charge is -2.28. The third-order valence-electron chi connectivity index (χ3n) is 4.65. The van der Waals surface area contributed by atoms with Gasteiger partial charge in [0.15, 0.2) is 0 Å². The van der Waals surface area contributed by atoms with Gasteiger partial charge in [0.25, 0.3) is 0 Å². The summed E-state index contributed by atoms with van der Waals surface area (Å²) in [5.74, 6) is 0.785. The molecule has 2 heterocycles. The molecule has 5 heteroatoms. The van der Waals surface area contributed by atoms with Crippen molar-refractivity contribution in [1.29, 1.82) is 0 Å². The largest absolute Gasteiger partial charge is 0.348 e. The first-order chi connectivity index (χ1) is 11.3. The summed E-state index contributed by atoms with van der Waals surface area (Å²) in [7, 11) is 0. The third-order valence-corrected chi connectivity index (χ3v) is 4.65. The Balaban J connectivity index is 1.55. The molecule has 0 saturated carbocycles. The van der Waals surface area contributed by atoms with Crippen LogP contribution in [0.2, 0.25) is 0 Å². The maximum Gasteiger partial charge on any atom is 0.0945 e. The van der Waals surface area contributed by atoms with Crippen molar-refractivity contribution < 1.29 is 0 Å². The van der Waals surface area contributed by atoms with Crippen molar-refractivity contribution in [3.63, 3.8) is 0 Å². The molecule has 1 N–H and O–H groups in total. The van der Waals surface area contributed by atoms with Gasteiger partial charge in [-0.1, -0.05) is 12.2 Å². The number of hydrogen-bond donors (Lipinski definition) is 1. The standard InChI is InChI=1S/C18H27N5/c1-16-18(21-14-20-16)13-23(12-17-6-3-2-4-7-17)10-5-9-22-11-8-19-15-22/h2-3,8,11,14-15,17H,4-7,9-10,12-13H2,1H3,(H,20,21)/t17-/m0/s1. The number of nitrogens with zero attached hydrogens (tertiary/aromatic N) is 4. The van der Waals surface area contributed by atoms with Crippen molar-refractivity contribution in [1.82, 2.24) is 24.4 Å². The second-order valence-corrected chi connectivity index (χ2v) is 6.51. The van der Waals surface area contributed by atoms with Crippen molar-refractivity contribution in [2.24, 2.45) is 5.92 Å². The summed E-state index contributed by atoms with van der Waals surface area (Å²) in [6, 6.07) is 0. The van der Waals surface area contributed by atoms with E-state index in [1.165, 1.54) is 37.2 Å². The van der Waals surface area contributed by atoms with E-state index in [2.05, 4.69) is 43.5 Å². The Hall–Kier alpha value is -1.88. The van der Waals surface area contributed by atoms with Crippen LogP contribution in [-0.4, -0.2) is 37.5 Å². The topological polar surface area (TPSA) is 49.7 Å². The summed E-state index contributed by atoms with van der Waals surface area (Å²) in [6.45, 7) is 6.35. The van der Waals surface area contributed by atoms with Gasteiger partial charge in [0.1, 0.15) is 0 Å². The Labute approximate surface area is 138 Å². The highest BCUT2D eigenvalue weighted by Crippen LogP contribution is 2.20. The predicted molar refractivity (Wildman–Crippen MR) is 91.9 cm³/mol. The van der Waals surface area contributed by atoms with E-state index in [-0.39, 0.29) is 0 Å². The van der Waals surface area contributed by atoms with Gasteiger partial charge < -0.3 is 9.55 Å². The highest BCUT2D eigenvalue weighted by Gasteiger charge is 2.16. The molecule has 1 aliphatic rings.